The second-order valence-electron chi connectivity index (χ2n) is 2.38. The molecule has 1 aliphatic heterocycles. The molecule has 0 aliphatic carbocycles. The Morgan fingerprint density at radius 2 is 2.67 bits per heavy atom. The number of aromatic nitrogens is 1. The fourth-order valence-electron chi connectivity index (χ4n) is 0.929. The molecule has 4 nitrogen and oxygen atoms in total. The third-order valence-corrected chi connectivity index (χ3v) is 2.46. The predicted molar refractivity (Wildman–Crippen MR) is 48.1 cm³/mol. The number of hydrogen-bond acceptors (Lipinski definition) is 5. The molecule has 2 rings (SSSR count). The second-order valence-corrected chi connectivity index (χ2v) is 3.35. The molecule has 0 atom stereocenters. The predicted octanol–water partition coefficient (Wildman–Crippen LogP) is 0.867. The highest BCUT2D eigenvalue weighted by Gasteiger charge is 2.06. The highest BCUT2D eigenvalue weighted by atomic mass is 32.2. The summed E-state index contributed by atoms with van der Waals surface area (Å²) in [7, 11) is 0. The van der Waals surface area contributed by atoms with Gasteiger partial charge < -0.3 is 9.84 Å². The van der Waals surface area contributed by atoms with Crippen LogP contribution in [0.15, 0.2) is 21.8 Å². The average Bonchev–Trinajstić information content (AvgIpc) is 2.74. The van der Waals surface area contributed by atoms with Crippen molar-refractivity contribution in [2.24, 2.45) is 4.99 Å². The van der Waals surface area contributed by atoms with E-state index in [9.17, 15) is 0 Å². The maximum absolute atomic E-state index is 4.94. The van der Waals surface area contributed by atoms with Gasteiger partial charge in [0.1, 0.15) is 5.76 Å². The fraction of sp³-hybridized carbons (Fsp3) is 0.429. The van der Waals surface area contributed by atoms with E-state index in [2.05, 4.69) is 15.5 Å². The van der Waals surface area contributed by atoms with Crippen LogP contribution < -0.4 is 5.32 Å². The van der Waals surface area contributed by atoms with Gasteiger partial charge in [-0.2, -0.15) is 0 Å². The molecule has 0 fully saturated rings. The first-order chi connectivity index (χ1) is 5.95. The smallest absolute Gasteiger partial charge is 0.157 e. The number of rotatable bonds is 2. The molecule has 0 radical (unpaired) electrons. The molecule has 12 heavy (non-hydrogen) atoms. The molecule has 0 amide bonds. The standard InChI is InChI=1S/C7H9N3OS/c1-2-10-11-6(1)5-12-7-8-3-4-9-7/h1-2H,3-5H2,(H,8,9). The summed E-state index contributed by atoms with van der Waals surface area (Å²) in [5.41, 5.74) is 0. The van der Waals surface area contributed by atoms with E-state index in [-0.39, 0.29) is 0 Å². The first-order valence-electron chi connectivity index (χ1n) is 3.76. The largest absolute Gasteiger partial charge is 0.363 e. The van der Waals surface area contributed by atoms with Crippen molar-refractivity contribution in [3.63, 3.8) is 0 Å². The Morgan fingerprint density at radius 1 is 1.67 bits per heavy atom. The summed E-state index contributed by atoms with van der Waals surface area (Å²) in [6, 6.07) is 1.86. The van der Waals surface area contributed by atoms with E-state index in [4.69, 9.17) is 4.52 Å². The Labute approximate surface area is 74.4 Å². The van der Waals surface area contributed by atoms with Crippen LogP contribution >= 0.6 is 11.8 Å². The number of nitrogens with zero attached hydrogens (tertiary/aromatic N) is 2. The molecule has 2 heterocycles. The number of hydrogen-bond donors (Lipinski definition) is 1. The second kappa shape index (κ2) is 3.62. The molecule has 0 bridgehead atoms. The molecule has 0 aromatic carbocycles. The third-order valence-electron chi connectivity index (χ3n) is 1.49. The van der Waals surface area contributed by atoms with Crippen molar-refractivity contribution in [3.8, 4) is 0 Å². The van der Waals surface area contributed by atoms with Crippen LogP contribution in [0, 0.1) is 0 Å². The van der Waals surface area contributed by atoms with Crippen molar-refractivity contribution in [1.29, 1.82) is 0 Å². The van der Waals surface area contributed by atoms with Gasteiger partial charge in [-0.3, -0.25) is 4.99 Å². The number of thioether (sulfide) groups is 1. The quantitative estimate of drug-likeness (QED) is 0.739. The molecular formula is C7H9N3OS. The summed E-state index contributed by atoms with van der Waals surface area (Å²) in [4.78, 5) is 4.24. The lowest BCUT2D eigenvalue weighted by Crippen LogP contribution is -2.14. The zero-order chi connectivity index (χ0) is 8.23. The van der Waals surface area contributed by atoms with Crippen LogP contribution in [0.5, 0.6) is 0 Å². The molecule has 1 aromatic heterocycles. The van der Waals surface area contributed by atoms with Gasteiger partial charge in [-0.25, -0.2) is 0 Å². The molecule has 0 saturated heterocycles. The summed E-state index contributed by atoms with van der Waals surface area (Å²) in [6.45, 7) is 1.84. The lowest BCUT2D eigenvalue weighted by Gasteiger charge is -1.97. The lowest BCUT2D eigenvalue weighted by atomic mass is 10.5. The van der Waals surface area contributed by atoms with E-state index in [1.165, 1.54) is 0 Å². The zero-order valence-corrected chi connectivity index (χ0v) is 7.30. The third kappa shape index (κ3) is 1.79. The van der Waals surface area contributed by atoms with Crippen molar-refractivity contribution in [2.75, 3.05) is 13.1 Å². The molecular weight excluding hydrogens is 174 g/mol. The van der Waals surface area contributed by atoms with E-state index in [0.717, 1.165) is 29.8 Å². The topological polar surface area (TPSA) is 50.4 Å². The van der Waals surface area contributed by atoms with Gasteiger partial charge in [-0.15, -0.1) is 0 Å². The highest BCUT2D eigenvalue weighted by molar-refractivity contribution is 8.13. The van der Waals surface area contributed by atoms with Gasteiger partial charge in [0.15, 0.2) is 5.17 Å². The maximum Gasteiger partial charge on any atom is 0.157 e. The van der Waals surface area contributed by atoms with Crippen LogP contribution in [0.4, 0.5) is 0 Å². The van der Waals surface area contributed by atoms with E-state index in [1.807, 2.05) is 6.07 Å². The lowest BCUT2D eigenvalue weighted by molar-refractivity contribution is 0.395. The maximum atomic E-state index is 4.94. The van der Waals surface area contributed by atoms with Gasteiger partial charge in [0.2, 0.25) is 0 Å². The van der Waals surface area contributed by atoms with E-state index in [0.29, 0.717) is 0 Å². The van der Waals surface area contributed by atoms with Crippen LogP contribution in [0.25, 0.3) is 0 Å². The summed E-state index contributed by atoms with van der Waals surface area (Å²) in [6.07, 6.45) is 1.65. The SMILES string of the molecule is c1cc(CSC2=NCCN2)on1. The van der Waals surface area contributed by atoms with Crippen LogP contribution in [0.1, 0.15) is 5.76 Å². The summed E-state index contributed by atoms with van der Waals surface area (Å²) in [5, 5.41) is 7.79. The monoisotopic (exact) mass is 183 g/mol. The van der Waals surface area contributed by atoms with Crippen molar-refractivity contribution >= 4 is 16.9 Å². The molecule has 1 aromatic rings. The molecule has 1 N–H and O–H groups in total. The minimum Gasteiger partial charge on any atom is -0.363 e. The Kier molecular flexibility index (Phi) is 2.31. The van der Waals surface area contributed by atoms with Crippen LogP contribution in [-0.4, -0.2) is 23.4 Å². The van der Waals surface area contributed by atoms with Crippen molar-refractivity contribution in [3.05, 3.63) is 18.0 Å². The Morgan fingerprint density at radius 3 is 3.33 bits per heavy atom. The van der Waals surface area contributed by atoms with Gasteiger partial charge in [0.25, 0.3) is 0 Å². The molecule has 0 unspecified atom stereocenters. The van der Waals surface area contributed by atoms with E-state index in [1.54, 1.807) is 18.0 Å². The van der Waals surface area contributed by atoms with E-state index >= 15 is 0 Å². The van der Waals surface area contributed by atoms with Gasteiger partial charge >= 0.3 is 0 Å². The first-order valence-corrected chi connectivity index (χ1v) is 4.74. The van der Waals surface area contributed by atoms with Crippen LogP contribution in [0.2, 0.25) is 0 Å². The molecule has 1 aliphatic rings. The normalized spacial score (nSPS) is 15.8. The van der Waals surface area contributed by atoms with Crippen LogP contribution in [-0.2, 0) is 5.75 Å². The Bertz CT molecular complexity index is 270. The molecule has 64 valence electrons. The first kappa shape index (κ1) is 7.67. The van der Waals surface area contributed by atoms with Gasteiger partial charge in [-0.1, -0.05) is 16.9 Å². The fourth-order valence-corrected chi connectivity index (χ4v) is 1.74. The van der Waals surface area contributed by atoms with Gasteiger partial charge in [0.05, 0.1) is 18.5 Å². The molecule has 5 heteroatoms. The van der Waals surface area contributed by atoms with Crippen molar-refractivity contribution in [2.45, 2.75) is 5.75 Å². The zero-order valence-electron chi connectivity index (χ0n) is 6.49. The summed E-state index contributed by atoms with van der Waals surface area (Å²) >= 11 is 1.65. The minimum absolute atomic E-state index is 0.797. The van der Waals surface area contributed by atoms with Gasteiger partial charge in [-0.05, 0) is 0 Å². The van der Waals surface area contributed by atoms with Crippen molar-refractivity contribution in [1.82, 2.24) is 10.5 Å². The molecule has 0 spiro atoms. The van der Waals surface area contributed by atoms with Gasteiger partial charge in [0, 0.05) is 12.6 Å². The number of aliphatic imine (C=N–C) groups is 1. The summed E-state index contributed by atoms with van der Waals surface area (Å²) in [5.74, 6) is 1.68. The number of amidine groups is 1. The highest BCUT2D eigenvalue weighted by Crippen LogP contribution is 2.13. The van der Waals surface area contributed by atoms with Crippen molar-refractivity contribution < 1.29 is 4.52 Å². The number of nitrogens with one attached hydrogen (secondary N) is 1. The van der Waals surface area contributed by atoms with E-state index < -0.39 is 0 Å². The Balaban J connectivity index is 1.82. The molecule has 0 saturated carbocycles. The minimum atomic E-state index is 0.797. The van der Waals surface area contributed by atoms with Crippen LogP contribution in [0.3, 0.4) is 0 Å². The average molecular weight is 183 g/mol. The Hall–Kier alpha value is -0.970. The summed E-state index contributed by atoms with van der Waals surface area (Å²) < 4.78 is 4.94.